The Balaban J connectivity index is 1.43. The maximum absolute atomic E-state index is 12.2. The van der Waals surface area contributed by atoms with Gasteiger partial charge < -0.3 is 10.2 Å². The minimum atomic E-state index is 0.0930. The number of benzene rings is 2. The number of para-hydroxylation sites is 1. The molecule has 2 aromatic carbocycles. The van der Waals surface area contributed by atoms with Crippen LogP contribution in [0.2, 0.25) is 0 Å². The highest BCUT2D eigenvalue weighted by Crippen LogP contribution is 2.18. The zero-order valence-electron chi connectivity index (χ0n) is 15.2. The lowest BCUT2D eigenvalue weighted by atomic mass is 10.2. The number of aryl methyl sites for hydroxylation is 2. The summed E-state index contributed by atoms with van der Waals surface area (Å²) in [4.78, 5) is 17.0. The molecule has 0 radical (unpaired) electrons. The second-order valence-electron chi connectivity index (χ2n) is 6.78. The van der Waals surface area contributed by atoms with Gasteiger partial charge in [-0.2, -0.15) is 0 Å². The minimum absolute atomic E-state index is 0.0930. The first-order valence-electron chi connectivity index (χ1n) is 9.01. The Morgan fingerprint density at radius 3 is 2.48 bits per heavy atom. The summed E-state index contributed by atoms with van der Waals surface area (Å²) in [6, 6.07) is 16.6. The molecule has 0 saturated carbocycles. The number of amides is 1. The molecule has 1 fully saturated rings. The molecule has 1 heterocycles. The van der Waals surface area contributed by atoms with E-state index in [2.05, 4.69) is 46.3 Å². The predicted molar refractivity (Wildman–Crippen MR) is 104 cm³/mol. The van der Waals surface area contributed by atoms with Crippen LogP contribution in [0.15, 0.2) is 48.5 Å². The van der Waals surface area contributed by atoms with Gasteiger partial charge in [0.2, 0.25) is 5.91 Å². The molecule has 2 aromatic rings. The highest BCUT2D eigenvalue weighted by Gasteiger charge is 2.18. The van der Waals surface area contributed by atoms with Gasteiger partial charge in [0, 0.05) is 50.5 Å². The van der Waals surface area contributed by atoms with E-state index in [1.54, 1.807) is 0 Å². The Morgan fingerprint density at radius 1 is 1.00 bits per heavy atom. The van der Waals surface area contributed by atoms with Crippen molar-refractivity contribution < 1.29 is 4.79 Å². The van der Waals surface area contributed by atoms with E-state index < -0.39 is 0 Å². The maximum atomic E-state index is 12.2. The molecule has 1 saturated heterocycles. The van der Waals surface area contributed by atoms with E-state index in [0.717, 1.165) is 44.0 Å². The van der Waals surface area contributed by atoms with Crippen LogP contribution in [0, 0.1) is 13.8 Å². The van der Waals surface area contributed by atoms with Gasteiger partial charge in [-0.05, 0) is 43.2 Å². The molecule has 132 valence electrons. The van der Waals surface area contributed by atoms with E-state index in [1.165, 1.54) is 11.3 Å². The zero-order valence-corrected chi connectivity index (χ0v) is 15.2. The molecular weight excluding hydrogens is 310 g/mol. The van der Waals surface area contributed by atoms with Crippen molar-refractivity contribution in [1.29, 1.82) is 0 Å². The summed E-state index contributed by atoms with van der Waals surface area (Å²) in [5.41, 5.74) is 4.61. The van der Waals surface area contributed by atoms with Crippen molar-refractivity contribution in [1.82, 2.24) is 4.90 Å². The van der Waals surface area contributed by atoms with Crippen LogP contribution in [0.4, 0.5) is 11.4 Å². The molecule has 1 aliphatic rings. The summed E-state index contributed by atoms with van der Waals surface area (Å²) in [5.74, 6) is 0.0930. The topological polar surface area (TPSA) is 35.6 Å². The first-order valence-corrected chi connectivity index (χ1v) is 9.01. The summed E-state index contributed by atoms with van der Waals surface area (Å²) in [6.07, 6.45) is 0.540. The highest BCUT2D eigenvalue weighted by molar-refractivity contribution is 5.91. The molecule has 0 bridgehead atoms. The summed E-state index contributed by atoms with van der Waals surface area (Å²) in [5, 5.41) is 3.01. The standard InChI is InChI=1S/C21H27N3O/c1-17-6-5-8-19(16-17)24-14-12-23(13-15-24)11-10-21(25)22-20-9-4-3-7-18(20)2/h3-9,16H,10-15H2,1-2H3,(H,22,25). The first-order chi connectivity index (χ1) is 12.1. The number of hydrogen-bond donors (Lipinski definition) is 1. The van der Waals surface area contributed by atoms with Crippen molar-refractivity contribution in [2.24, 2.45) is 0 Å². The van der Waals surface area contributed by atoms with Crippen molar-refractivity contribution >= 4 is 17.3 Å². The molecule has 0 spiro atoms. The Bertz CT molecular complexity index is 721. The lowest BCUT2D eigenvalue weighted by Gasteiger charge is -2.36. The van der Waals surface area contributed by atoms with E-state index in [-0.39, 0.29) is 5.91 Å². The van der Waals surface area contributed by atoms with Crippen LogP contribution >= 0.6 is 0 Å². The molecule has 0 aliphatic carbocycles. The number of anilines is 2. The zero-order chi connectivity index (χ0) is 17.6. The third-order valence-electron chi connectivity index (χ3n) is 4.81. The lowest BCUT2D eigenvalue weighted by Crippen LogP contribution is -2.47. The Kier molecular flexibility index (Phi) is 5.71. The molecular formula is C21H27N3O. The van der Waals surface area contributed by atoms with Crippen LogP contribution in [0.3, 0.4) is 0 Å². The van der Waals surface area contributed by atoms with Crippen LogP contribution in [0.5, 0.6) is 0 Å². The van der Waals surface area contributed by atoms with E-state index in [9.17, 15) is 4.79 Å². The number of carbonyl (C=O) groups excluding carboxylic acids is 1. The van der Waals surface area contributed by atoms with E-state index in [1.807, 2.05) is 31.2 Å². The van der Waals surface area contributed by atoms with Crippen LogP contribution in [0.25, 0.3) is 0 Å². The number of nitrogens with one attached hydrogen (secondary N) is 1. The van der Waals surface area contributed by atoms with Crippen molar-refractivity contribution in [3.05, 3.63) is 59.7 Å². The van der Waals surface area contributed by atoms with E-state index in [0.29, 0.717) is 6.42 Å². The van der Waals surface area contributed by atoms with E-state index >= 15 is 0 Å². The van der Waals surface area contributed by atoms with Crippen LogP contribution in [0.1, 0.15) is 17.5 Å². The lowest BCUT2D eigenvalue weighted by molar-refractivity contribution is -0.116. The quantitative estimate of drug-likeness (QED) is 0.908. The van der Waals surface area contributed by atoms with Crippen LogP contribution in [-0.4, -0.2) is 43.5 Å². The largest absolute Gasteiger partial charge is 0.369 e. The van der Waals surface area contributed by atoms with Gasteiger partial charge in [0.1, 0.15) is 0 Å². The predicted octanol–water partition coefficient (Wildman–Crippen LogP) is 3.45. The molecule has 4 nitrogen and oxygen atoms in total. The van der Waals surface area contributed by atoms with E-state index in [4.69, 9.17) is 0 Å². The second-order valence-corrected chi connectivity index (χ2v) is 6.78. The number of rotatable bonds is 5. The van der Waals surface area contributed by atoms with Gasteiger partial charge in [-0.1, -0.05) is 30.3 Å². The Hall–Kier alpha value is -2.33. The third-order valence-corrected chi connectivity index (χ3v) is 4.81. The summed E-state index contributed by atoms with van der Waals surface area (Å²) in [7, 11) is 0. The molecule has 0 aromatic heterocycles. The van der Waals surface area contributed by atoms with Crippen LogP contribution < -0.4 is 10.2 Å². The smallest absolute Gasteiger partial charge is 0.225 e. The Labute approximate surface area is 150 Å². The van der Waals surface area contributed by atoms with Crippen molar-refractivity contribution in [2.75, 3.05) is 42.9 Å². The number of carbonyl (C=O) groups is 1. The number of piperazine rings is 1. The van der Waals surface area contributed by atoms with Gasteiger partial charge in [-0.3, -0.25) is 9.69 Å². The summed E-state index contributed by atoms with van der Waals surface area (Å²) in [6.45, 7) is 9.01. The highest BCUT2D eigenvalue weighted by atomic mass is 16.1. The molecule has 25 heavy (non-hydrogen) atoms. The monoisotopic (exact) mass is 337 g/mol. The number of nitrogens with zero attached hydrogens (tertiary/aromatic N) is 2. The van der Waals surface area contributed by atoms with Crippen molar-refractivity contribution in [3.63, 3.8) is 0 Å². The molecule has 0 atom stereocenters. The molecule has 0 unspecified atom stereocenters. The molecule has 1 N–H and O–H groups in total. The van der Waals surface area contributed by atoms with Gasteiger partial charge in [0.15, 0.2) is 0 Å². The van der Waals surface area contributed by atoms with Crippen LogP contribution in [-0.2, 0) is 4.79 Å². The van der Waals surface area contributed by atoms with Gasteiger partial charge in [-0.15, -0.1) is 0 Å². The number of hydrogen-bond acceptors (Lipinski definition) is 3. The fourth-order valence-electron chi connectivity index (χ4n) is 3.24. The van der Waals surface area contributed by atoms with Crippen molar-refractivity contribution in [2.45, 2.75) is 20.3 Å². The summed E-state index contributed by atoms with van der Waals surface area (Å²) >= 11 is 0. The van der Waals surface area contributed by atoms with Crippen molar-refractivity contribution in [3.8, 4) is 0 Å². The fourth-order valence-corrected chi connectivity index (χ4v) is 3.24. The van der Waals surface area contributed by atoms with Gasteiger partial charge in [0.05, 0.1) is 0 Å². The fraction of sp³-hybridized carbons (Fsp3) is 0.381. The van der Waals surface area contributed by atoms with Gasteiger partial charge in [0.25, 0.3) is 0 Å². The normalized spacial score (nSPS) is 15.2. The van der Waals surface area contributed by atoms with Gasteiger partial charge >= 0.3 is 0 Å². The maximum Gasteiger partial charge on any atom is 0.225 e. The molecule has 1 aliphatic heterocycles. The minimum Gasteiger partial charge on any atom is -0.369 e. The molecule has 3 rings (SSSR count). The summed E-state index contributed by atoms with van der Waals surface area (Å²) < 4.78 is 0. The SMILES string of the molecule is Cc1cccc(N2CCN(CCC(=O)Nc3ccccc3C)CC2)c1. The first kappa shape index (κ1) is 17.5. The second kappa shape index (κ2) is 8.17. The molecule has 4 heteroatoms. The average molecular weight is 337 g/mol. The Morgan fingerprint density at radius 2 is 1.76 bits per heavy atom. The third kappa shape index (κ3) is 4.83. The molecule has 1 amide bonds. The average Bonchev–Trinajstić information content (AvgIpc) is 2.62. The van der Waals surface area contributed by atoms with Gasteiger partial charge in [-0.25, -0.2) is 0 Å².